The molecule has 5 heteroatoms. The molecule has 108 valence electrons. The van der Waals surface area contributed by atoms with Gasteiger partial charge in [-0.1, -0.05) is 0 Å². The van der Waals surface area contributed by atoms with Gasteiger partial charge in [-0.25, -0.2) is 4.39 Å². The van der Waals surface area contributed by atoms with Gasteiger partial charge in [-0.15, -0.1) is 10.2 Å². The van der Waals surface area contributed by atoms with Gasteiger partial charge in [0.1, 0.15) is 5.82 Å². The van der Waals surface area contributed by atoms with Crippen molar-refractivity contribution in [3.8, 4) is 11.5 Å². The Bertz CT molecular complexity index is 587. The highest BCUT2D eigenvalue weighted by Crippen LogP contribution is 2.22. The highest BCUT2D eigenvalue weighted by molar-refractivity contribution is 5.57. The van der Waals surface area contributed by atoms with Gasteiger partial charge in [-0.05, 0) is 51.5 Å². The van der Waals surface area contributed by atoms with Crippen LogP contribution >= 0.6 is 0 Å². The zero-order chi connectivity index (χ0) is 14.8. The van der Waals surface area contributed by atoms with E-state index < -0.39 is 0 Å². The molecular formula is C15H20FN3O. The molecular weight excluding hydrogens is 257 g/mol. The van der Waals surface area contributed by atoms with Crippen LogP contribution in [0.4, 0.5) is 4.39 Å². The van der Waals surface area contributed by atoms with E-state index in [4.69, 9.17) is 4.42 Å². The van der Waals surface area contributed by atoms with E-state index in [1.807, 2.05) is 6.92 Å². The number of aryl methyl sites for hydroxylation is 1. The molecule has 0 saturated carbocycles. The van der Waals surface area contributed by atoms with E-state index in [1.54, 1.807) is 6.07 Å². The minimum absolute atomic E-state index is 0.0659. The summed E-state index contributed by atoms with van der Waals surface area (Å²) in [4.78, 5) is 0. The highest BCUT2D eigenvalue weighted by atomic mass is 19.1. The maximum atomic E-state index is 13.1. The average molecular weight is 277 g/mol. The predicted molar refractivity (Wildman–Crippen MR) is 75.9 cm³/mol. The molecule has 0 amide bonds. The Hall–Kier alpha value is -1.75. The van der Waals surface area contributed by atoms with Crippen LogP contribution in [0.25, 0.3) is 11.5 Å². The van der Waals surface area contributed by atoms with Gasteiger partial charge in [0.05, 0.1) is 0 Å². The van der Waals surface area contributed by atoms with Crippen LogP contribution in [-0.4, -0.2) is 22.3 Å². The lowest BCUT2D eigenvalue weighted by atomic mass is 10.1. The second kappa shape index (κ2) is 5.71. The standard InChI is InChI=1S/C15H20FN3O/c1-10-9-11(16)5-6-12(10)14-19-18-13(20-14)7-8-17-15(2,3)4/h5-6,9,17H,7-8H2,1-4H3. The van der Waals surface area contributed by atoms with Gasteiger partial charge in [0.25, 0.3) is 0 Å². The second-order valence-corrected chi connectivity index (χ2v) is 5.89. The Labute approximate surface area is 118 Å². The highest BCUT2D eigenvalue weighted by Gasteiger charge is 2.13. The second-order valence-electron chi connectivity index (χ2n) is 5.89. The third-order valence-corrected chi connectivity index (χ3v) is 2.88. The summed E-state index contributed by atoms with van der Waals surface area (Å²) in [5.41, 5.74) is 1.62. The first-order chi connectivity index (χ1) is 9.35. The summed E-state index contributed by atoms with van der Waals surface area (Å²) in [7, 11) is 0. The van der Waals surface area contributed by atoms with Crippen LogP contribution < -0.4 is 5.32 Å². The quantitative estimate of drug-likeness (QED) is 0.933. The van der Waals surface area contributed by atoms with Crippen molar-refractivity contribution in [1.29, 1.82) is 0 Å². The maximum absolute atomic E-state index is 13.1. The molecule has 0 fully saturated rings. The van der Waals surface area contributed by atoms with Gasteiger partial charge in [0.15, 0.2) is 0 Å². The summed E-state index contributed by atoms with van der Waals surface area (Å²) >= 11 is 0. The molecule has 20 heavy (non-hydrogen) atoms. The Morgan fingerprint density at radius 3 is 2.65 bits per heavy atom. The van der Waals surface area contributed by atoms with Crippen molar-refractivity contribution in [1.82, 2.24) is 15.5 Å². The third kappa shape index (κ3) is 3.87. The van der Waals surface area contributed by atoms with E-state index in [0.717, 1.165) is 17.7 Å². The van der Waals surface area contributed by atoms with Crippen LogP contribution in [0.2, 0.25) is 0 Å². The van der Waals surface area contributed by atoms with Crippen molar-refractivity contribution < 1.29 is 8.81 Å². The normalized spacial score (nSPS) is 11.8. The van der Waals surface area contributed by atoms with Gasteiger partial charge in [-0.3, -0.25) is 0 Å². The van der Waals surface area contributed by atoms with Crippen molar-refractivity contribution in [2.75, 3.05) is 6.54 Å². The average Bonchev–Trinajstić information content (AvgIpc) is 2.75. The molecule has 2 rings (SSSR count). The zero-order valence-electron chi connectivity index (χ0n) is 12.3. The molecule has 0 aliphatic heterocycles. The number of hydrogen-bond donors (Lipinski definition) is 1. The number of rotatable bonds is 4. The summed E-state index contributed by atoms with van der Waals surface area (Å²) < 4.78 is 18.7. The lowest BCUT2D eigenvalue weighted by Gasteiger charge is -2.19. The number of nitrogens with zero attached hydrogens (tertiary/aromatic N) is 2. The van der Waals surface area contributed by atoms with E-state index in [1.165, 1.54) is 12.1 Å². The molecule has 1 heterocycles. The maximum Gasteiger partial charge on any atom is 0.248 e. The van der Waals surface area contributed by atoms with E-state index in [9.17, 15) is 4.39 Å². The number of benzene rings is 1. The fourth-order valence-electron chi connectivity index (χ4n) is 1.87. The predicted octanol–water partition coefficient (Wildman–Crippen LogP) is 3.11. The molecule has 1 N–H and O–H groups in total. The topological polar surface area (TPSA) is 51.0 Å². The summed E-state index contributed by atoms with van der Waals surface area (Å²) in [5, 5.41) is 11.4. The Kier molecular flexibility index (Phi) is 4.18. The fraction of sp³-hybridized carbons (Fsp3) is 0.467. The molecule has 0 bridgehead atoms. The minimum Gasteiger partial charge on any atom is -0.421 e. The first-order valence-electron chi connectivity index (χ1n) is 6.69. The van der Waals surface area contributed by atoms with Crippen LogP contribution in [0.1, 0.15) is 32.2 Å². The van der Waals surface area contributed by atoms with Gasteiger partial charge in [0.2, 0.25) is 11.8 Å². The van der Waals surface area contributed by atoms with Crippen LogP contribution in [-0.2, 0) is 6.42 Å². The van der Waals surface area contributed by atoms with E-state index in [-0.39, 0.29) is 11.4 Å². The molecule has 1 aromatic heterocycles. The summed E-state index contributed by atoms with van der Waals surface area (Å²) in [5.74, 6) is 0.758. The molecule has 0 aliphatic carbocycles. The Morgan fingerprint density at radius 1 is 1.25 bits per heavy atom. The molecule has 0 aliphatic rings. The summed E-state index contributed by atoms with van der Waals surface area (Å²) in [6, 6.07) is 4.52. The zero-order valence-corrected chi connectivity index (χ0v) is 12.3. The van der Waals surface area contributed by atoms with Crippen LogP contribution in [0.15, 0.2) is 22.6 Å². The van der Waals surface area contributed by atoms with Crippen molar-refractivity contribution in [2.45, 2.75) is 39.7 Å². The third-order valence-electron chi connectivity index (χ3n) is 2.88. The first kappa shape index (κ1) is 14.7. The van der Waals surface area contributed by atoms with E-state index in [2.05, 4.69) is 36.3 Å². The lowest BCUT2D eigenvalue weighted by Crippen LogP contribution is -2.37. The SMILES string of the molecule is Cc1cc(F)ccc1-c1nnc(CCNC(C)(C)C)o1. The summed E-state index contributed by atoms with van der Waals surface area (Å²) in [6.45, 7) is 8.91. The van der Waals surface area contributed by atoms with Crippen LogP contribution in [0.5, 0.6) is 0 Å². The summed E-state index contributed by atoms with van der Waals surface area (Å²) in [6.07, 6.45) is 0.671. The smallest absolute Gasteiger partial charge is 0.248 e. The lowest BCUT2D eigenvalue weighted by molar-refractivity contribution is 0.412. The fourth-order valence-corrected chi connectivity index (χ4v) is 1.87. The van der Waals surface area contributed by atoms with Crippen molar-refractivity contribution >= 4 is 0 Å². The van der Waals surface area contributed by atoms with Crippen LogP contribution in [0.3, 0.4) is 0 Å². The van der Waals surface area contributed by atoms with Crippen molar-refractivity contribution in [3.63, 3.8) is 0 Å². The molecule has 0 radical (unpaired) electrons. The van der Waals surface area contributed by atoms with Gasteiger partial charge in [-0.2, -0.15) is 0 Å². The molecule has 1 aromatic carbocycles. The molecule has 0 saturated heterocycles. The first-order valence-corrected chi connectivity index (χ1v) is 6.69. The number of nitrogens with one attached hydrogen (secondary N) is 1. The molecule has 2 aromatic rings. The number of hydrogen-bond acceptors (Lipinski definition) is 4. The Balaban J connectivity index is 2.05. The molecule has 0 atom stereocenters. The number of halogens is 1. The molecule has 0 spiro atoms. The Morgan fingerprint density at radius 2 is 2.00 bits per heavy atom. The van der Waals surface area contributed by atoms with Gasteiger partial charge < -0.3 is 9.73 Å². The monoisotopic (exact) mass is 277 g/mol. The van der Waals surface area contributed by atoms with Crippen molar-refractivity contribution in [2.24, 2.45) is 0 Å². The molecule has 0 unspecified atom stereocenters. The van der Waals surface area contributed by atoms with Gasteiger partial charge >= 0.3 is 0 Å². The van der Waals surface area contributed by atoms with Crippen LogP contribution in [0, 0.1) is 12.7 Å². The number of aromatic nitrogens is 2. The molecule has 4 nitrogen and oxygen atoms in total. The van der Waals surface area contributed by atoms with Gasteiger partial charge in [0, 0.05) is 24.1 Å². The van der Waals surface area contributed by atoms with Crippen molar-refractivity contribution in [3.05, 3.63) is 35.5 Å². The minimum atomic E-state index is -0.264. The van der Waals surface area contributed by atoms with E-state index in [0.29, 0.717) is 18.2 Å². The van der Waals surface area contributed by atoms with E-state index >= 15 is 0 Å². The largest absolute Gasteiger partial charge is 0.421 e.